The second-order valence-electron chi connectivity index (χ2n) is 3.32. The fourth-order valence-corrected chi connectivity index (χ4v) is 1.74. The molecule has 2 aliphatic heterocycles. The molecule has 0 aromatic carbocycles. The molecular formula is C6H11BN2. The molecule has 2 heterocycles. The normalized spacial score (nSPS) is 32.9. The molecule has 1 N–H and O–H groups in total. The summed E-state index contributed by atoms with van der Waals surface area (Å²) in [6, 6.07) is 0. The standard InChI is InChI=1S/C6H11BN2/c7-9-2-1-6(5-9)3-8-4-6/h8H,1-5H2. The summed E-state index contributed by atoms with van der Waals surface area (Å²) >= 11 is 0. The maximum atomic E-state index is 5.63. The first-order valence-corrected chi connectivity index (χ1v) is 3.51. The monoisotopic (exact) mass is 122 g/mol. The van der Waals surface area contributed by atoms with Gasteiger partial charge in [0.2, 0.25) is 0 Å². The van der Waals surface area contributed by atoms with Crippen LogP contribution in [0.4, 0.5) is 0 Å². The van der Waals surface area contributed by atoms with Crippen LogP contribution < -0.4 is 5.32 Å². The Morgan fingerprint density at radius 1 is 1.44 bits per heavy atom. The molecule has 0 unspecified atom stereocenters. The van der Waals surface area contributed by atoms with E-state index in [0.717, 1.165) is 13.1 Å². The summed E-state index contributed by atoms with van der Waals surface area (Å²) in [6.07, 6.45) is 1.29. The zero-order valence-electron chi connectivity index (χ0n) is 5.56. The van der Waals surface area contributed by atoms with Crippen molar-refractivity contribution in [3.63, 3.8) is 0 Å². The van der Waals surface area contributed by atoms with Crippen molar-refractivity contribution in [2.45, 2.75) is 6.42 Å². The Kier molecular flexibility index (Phi) is 1.11. The van der Waals surface area contributed by atoms with Gasteiger partial charge in [0.25, 0.3) is 0 Å². The van der Waals surface area contributed by atoms with Crippen LogP contribution in [0.15, 0.2) is 0 Å². The van der Waals surface area contributed by atoms with Gasteiger partial charge in [-0.05, 0) is 19.5 Å². The van der Waals surface area contributed by atoms with Crippen LogP contribution >= 0.6 is 0 Å². The van der Waals surface area contributed by atoms with Crippen LogP contribution in [0, 0.1) is 5.41 Å². The van der Waals surface area contributed by atoms with Gasteiger partial charge in [0.1, 0.15) is 0 Å². The average Bonchev–Trinajstić information content (AvgIpc) is 2.09. The molecular weight excluding hydrogens is 111 g/mol. The van der Waals surface area contributed by atoms with Crippen molar-refractivity contribution in [1.29, 1.82) is 0 Å². The average molecular weight is 122 g/mol. The quantitative estimate of drug-likeness (QED) is 0.430. The Bertz CT molecular complexity index is 122. The minimum Gasteiger partial charge on any atom is -0.353 e. The summed E-state index contributed by atoms with van der Waals surface area (Å²) < 4.78 is 0. The van der Waals surface area contributed by atoms with Crippen LogP contribution in [0.1, 0.15) is 6.42 Å². The van der Waals surface area contributed by atoms with Crippen LogP contribution in [0.2, 0.25) is 0 Å². The smallest absolute Gasteiger partial charge is 0.182 e. The van der Waals surface area contributed by atoms with Crippen molar-refractivity contribution in [2.24, 2.45) is 5.41 Å². The maximum absolute atomic E-state index is 5.63. The highest BCUT2D eigenvalue weighted by atomic mass is 15.1. The summed E-state index contributed by atoms with van der Waals surface area (Å²) in [4.78, 5) is 1.93. The van der Waals surface area contributed by atoms with Gasteiger partial charge in [-0.1, -0.05) is 0 Å². The highest BCUT2D eigenvalue weighted by molar-refractivity contribution is 6.04. The zero-order chi connectivity index (χ0) is 6.32. The first kappa shape index (κ1) is 5.75. The van der Waals surface area contributed by atoms with E-state index in [4.69, 9.17) is 7.98 Å². The fraction of sp³-hybridized carbons (Fsp3) is 1.00. The van der Waals surface area contributed by atoms with Gasteiger partial charge in [0.15, 0.2) is 7.98 Å². The first-order chi connectivity index (χ1) is 4.31. The topological polar surface area (TPSA) is 15.3 Å². The molecule has 0 bridgehead atoms. The van der Waals surface area contributed by atoms with Crippen molar-refractivity contribution >= 4 is 7.98 Å². The van der Waals surface area contributed by atoms with Crippen molar-refractivity contribution < 1.29 is 0 Å². The van der Waals surface area contributed by atoms with Gasteiger partial charge >= 0.3 is 0 Å². The number of nitrogens with zero attached hydrogens (tertiary/aromatic N) is 1. The minimum atomic E-state index is 0.578. The van der Waals surface area contributed by atoms with Crippen molar-refractivity contribution in [2.75, 3.05) is 26.2 Å². The van der Waals surface area contributed by atoms with Gasteiger partial charge in [0, 0.05) is 18.5 Å². The fourth-order valence-electron chi connectivity index (χ4n) is 1.74. The number of nitrogens with one attached hydrogen (secondary N) is 1. The molecule has 2 nitrogen and oxygen atoms in total. The Morgan fingerprint density at radius 3 is 2.44 bits per heavy atom. The lowest BCUT2D eigenvalue weighted by Gasteiger charge is -2.39. The van der Waals surface area contributed by atoms with E-state index in [-0.39, 0.29) is 0 Å². The third kappa shape index (κ3) is 0.794. The van der Waals surface area contributed by atoms with Crippen LogP contribution in [0.3, 0.4) is 0 Å². The molecule has 0 aromatic heterocycles. The number of rotatable bonds is 0. The van der Waals surface area contributed by atoms with Crippen LogP contribution in [-0.2, 0) is 0 Å². The molecule has 2 rings (SSSR count). The Balaban J connectivity index is 1.99. The van der Waals surface area contributed by atoms with Gasteiger partial charge in [0.05, 0.1) is 0 Å². The summed E-state index contributed by atoms with van der Waals surface area (Å²) in [6.45, 7) is 4.54. The second kappa shape index (κ2) is 1.73. The van der Waals surface area contributed by atoms with Gasteiger partial charge in [-0.25, -0.2) is 0 Å². The Hall–Kier alpha value is -0.0151. The molecule has 9 heavy (non-hydrogen) atoms. The third-order valence-corrected chi connectivity index (χ3v) is 2.47. The molecule has 1 spiro atoms. The summed E-state index contributed by atoms with van der Waals surface area (Å²) in [5.41, 5.74) is 0.578. The summed E-state index contributed by atoms with van der Waals surface area (Å²) in [7, 11) is 5.63. The largest absolute Gasteiger partial charge is 0.353 e. The number of hydrogen-bond donors (Lipinski definition) is 1. The van der Waals surface area contributed by atoms with E-state index in [1.807, 2.05) is 4.81 Å². The molecule has 2 aliphatic rings. The van der Waals surface area contributed by atoms with E-state index in [1.54, 1.807) is 0 Å². The number of hydrogen-bond acceptors (Lipinski definition) is 2. The van der Waals surface area contributed by atoms with Gasteiger partial charge < -0.3 is 10.1 Å². The van der Waals surface area contributed by atoms with Crippen LogP contribution in [0.5, 0.6) is 0 Å². The van der Waals surface area contributed by atoms with Crippen molar-refractivity contribution in [1.82, 2.24) is 10.1 Å². The second-order valence-corrected chi connectivity index (χ2v) is 3.32. The molecule has 2 radical (unpaired) electrons. The van der Waals surface area contributed by atoms with Crippen molar-refractivity contribution in [3.05, 3.63) is 0 Å². The zero-order valence-corrected chi connectivity index (χ0v) is 5.56. The van der Waals surface area contributed by atoms with Crippen molar-refractivity contribution in [3.8, 4) is 0 Å². The highest BCUT2D eigenvalue weighted by Gasteiger charge is 2.41. The molecule has 0 atom stereocenters. The first-order valence-electron chi connectivity index (χ1n) is 3.51. The lowest BCUT2D eigenvalue weighted by atomic mass is 9.81. The predicted octanol–water partition coefficient (Wildman–Crippen LogP) is -0.635. The van der Waals surface area contributed by atoms with Gasteiger partial charge in [-0.15, -0.1) is 0 Å². The molecule has 0 aromatic rings. The lowest BCUT2D eigenvalue weighted by molar-refractivity contribution is 0.187. The minimum absolute atomic E-state index is 0.578. The van der Waals surface area contributed by atoms with Crippen LogP contribution in [0.25, 0.3) is 0 Å². The molecule has 3 heteroatoms. The van der Waals surface area contributed by atoms with E-state index in [2.05, 4.69) is 5.32 Å². The van der Waals surface area contributed by atoms with E-state index in [0.29, 0.717) is 5.41 Å². The van der Waals surface area contributed by atoms with Gasteiger partial charge in [-0.2, -0.15) is 0 Å². The van der Waals surface area contributed by atoms with Gasteiger partial charge in [-0.3, -0.25) is 0 Å². The maximum Gasteiger partial charge on any atom is 0.182 e. The third-order valence-electron chi connectivity index (χ3n) is 2.47. The Labute approximate surface area is 57.0 Å². The van der Waals surface area contributed by atoms with Crippen LogP contribution in [-0.4, -0.2) is 39.0 Å². The van der Waals surface area contributed by atoms with E-state index < -0.39 is 0 Å². The predicted molar refractivity (Wildman–Crippen MR) is 37.2 cm³/mol. The summed E-state index contributed by atoms with van der Waals surface area (Å²) in [5.74, 6) is 0. The van der Waals surface area contributed by atoms with E-state index in [9.17, 15) is 0 Å². The SMILES string of the molecule is [B]N1CCC2(CNC2)C1. The molecule has 0 saturated carbocycles. The molecule has 48 valence electrons. The molecule has 0 aliphatic carbocycles. The Morgan fingerprint density at radius 2 is 2.22 bits per heavy atom. The van der Waals surface area contributed by atoms with E-state index >= 15 is 0 Å². The molecule has 2 saturated heterocycles. The molecule has 0 amide bonds. The summed E-state index contributed by atoms with van der Waals surface area (Å²) in [5, 5.41) is 3.28. The highest BCUT2D eigenvalue weighted by Crippen LogP contribution is 2.32. The molecule has 2 fully saturated rings. The van der Waals surface area contributed by atoms with E-state index in [1.165, 1.54) is 19.5 Å². The lowest BCUT2D eigenvalue weighted by Crippen LogP contribution is -2.54.